The number of H-pyrrole nitrogens is 1. The number of ether oxygens (including phenoxy) is 1. The Hall–Kier alpha value is -2.17. The van der Waals surface area contributed by atoms with E-state index in [2.05, 4.69) is 14.9 Å². The first-order chi connectivity index (χ1) is 8.83. The number of nitrogens with two attached hydrogens (primary N) is 1. The molecule has 0 spiro atoms. The summed E-state index contributed by atoms with van der Waals surface area (Å²) in [6, 6.07) is 5.78. The number of imidazole rings is 1. The third-order valence-electron chi connectivity index (χ3n) is 3.06. The number of fused-ring (bicyclic) bond motifs is 1. The molecule has 0 amide bonds. The minimum atomic E-state index is 0.744. The lowest BCUT2D eigenvalue weighted by Crippen LogP contribution is -2.23. The molecule has 2 heterocycles. The number of hydrogen-bond acceptors (Lipinski definition) is 4. The third kappa shape index (κ3) is 2.11. The highest BCUT2D eigenvalue weighted by molar-refractivity contribution is 5.65. The Morgan fingerprint density at radius 2 is 2.39 bits per heavy atom. The van der Waals surface area contributed by atoms with E-state index in [0.717, 1.165) is 48.9 Å². The first-order valence-corrected chi connectivity index (χ1v) is 6.08. The molecule has 5 heteroatoms. The Bertz CT molecular complexity index is 524. The zero-order valence-corrected chi connectivity index (χ0v) is 10.1. The Kier molecular flexibility index (Phi) is 2.80. The number of rotatable bonds is 2. The third-order valence-corrected chi connectivity index (χ3v) is 3.06. The Labute approximate surface area is 106 Å². The van der Waals surface area contributed by atoms with E-state index in [4.69, 9.17) is 10.5 Å². The Balaban J connectivity index is 1.92. The van der Waals surface area contributed by atoms with Gasteiger partial charge in [-0.1, -0.05) is 0 Å². The second-order valence-corrected chi connectivity index (χ2v) is 4.41. The highest BCUT2D eigenvalue weighted by Crippen LogP contribution is 2.33. The average Bonchev–Trinajstić information content (AvgIpc) is 2.79. The first kappa shape index (κ1) is 11.0. The van der Waals surface area contributed by atoms with Crippen molar-refractivity contribution in [3.05, 3.63) is 36.4 Å². The van der Waals surface area contributed by atoms with Crippen molar-refractivity contribution in [2.75, 3.05) is 23.8 Å². The lowest BCUT2D eigenvalue weighted by atomic mass is 10.2. The molecule has 1 aromatic heterocycles. The van der Waals surface area contributed by atoms with Gasteiger partial charge in [0.1, 0.15) is 5.75 Å². The number of benzene rings is 1. The van der Waals surface area contributed by atoms with Gasteiger partial charge in [0.15, 0.2) is 0 Å². The van der Waals surface area contributed by atoms with Gasteiger partial charge in [0, 0.05) is 18.4 Å². The smallest absolute Gasteiger partial charge is 0.142 e. The van der Waals surface area contributed by atoms with Crippen LogP contribution in [0.2, 0.25) is 0 Å². The number of hydrogen-bond donors (Lipinski definition) is 2. The number of aromatic nitrogens is 2. The zero-order valence-electron chi connectivity index (χ0n) is 10.1. The molecule has 0 atom stereocenters. The first-order valence-electron chi connectivity index (χ1n) is 6.08. The van der Waals surface area contributed by atoms with Crippen molar-refractivity contribution in [2.45, 2.75) is 13.0 Å². The maximum atomic E-state index is 5.86. The number of nitrogens with zero attached hydrogens (tertiary/aromatic N) is 2. The second-order valence-electron chi connectivity index (χ2n) is 4.41. The summed E-state index contributed by atoms with van der Waals surface area (Å²) in [6.07, 6.45) is 4.61. The van der Waals surface area contributed by atoms with Crippen molar-refractivity contribution in [3.63, 3.8) is 0 Å². The maximum Gasteiger partial charge on any atom is 0.142 e. The monoisotopic (exact) mass is 244 g/mol. The van der Waals surface area contributed by atoms with E-state index in [9.17, 15) is 0 Å². The van der Waals surface area contributed by atoms with Gasteiger partial charge >= 0.3 is 0 Å². The van der Waals surface area contributed by atoms with Crippen molar-refractivity contribution >= 4 is 11.4 Å². The van der Waals surface area contributed by atoms with Crippen LogP contribution >= 0.6 is 0 Å². The van der Waals surface area contributed by atoms with Crippen molar-refractivity contribution in [2.24, 2.45) is 0 Å². The van der Waals surface area contributed by atoms with Crippen LogP contribution in [0.3, 0.4) is 0 Å². The van der Waals surface area contributed by atoms with Gasteiger partial charge < -0.3 is 20.4 Å². The van der Waals surface area contributed by atoms with Gasteiger partial charge in [-0.15, -0.1) is 0 Å². The Morgan fingerprint density at radius 3 is 3.22 bits per heavy atom. The molecule has 0 saturated carbocycles. The number of anilines is 2. The molecule has 3 N–H and O–H groups in total. The molecule has 5 nitrogen and oxygen atoms in total. The largest absolute Gasteiger partial charge is 0.491 e. The van der Waals surface area contributed by atoms with Gasteiger partial charge in [-0.25, -0.2) is 4.98 Å². The molecule has 18 heavy (non-hydrogen) atoms. The Morgan fingerprint density at radius 1 is 1.44 bits per heavy atom. The highest BCUT2D eigenvalue weighted by atomic mass is 16.5. The molecule has 3 rings (SSSR count). The van der Waals surface area contributed by atoms with Gasteiger partial charge in [0.2, 0.25) is 0 Å². The lowest BCUT2D eigenvalue weighted by Gasteiger charge is -2.23. The molecule has 0 radical (unpaired) electrons. The standard InChI is InChI=1S/C13H16N4O/c14-10-2-3-13-12(6-10)17(4-1-5-18-13)8-11-7-15-9-16-11/h2-3,6-7,9H,1,4-5,8,14H2,(H,15,16). The van der Waals surface area contributed by atoms with Crippen LogP contribution in [0.5, 0.6) is 5.75 Å². The van der Waals surface area contributed by atoms with E-state index in [1.807, 2.05) is 24.4 Å². The normalized spacial score (nSPS) is 14.8. The fraction of sp³-hybridized carbons (Fsp3) is 0.308. The summed E-state index contributed by atoms with van der Waals surface area (Å²) in [5.74, 6) is 0.900. The van der Waals surface area contributed by atoms with Crippen LogP contribution in [0, 0.1) is 0 Å². The summed E-state index contributed by atoms with van der Waals surface area (Å²) < 4.78 is 5.73. The van der Waals surface area contributed by atoms with E-state index in [1.54, 1.807) is 6.33 Å². The van der Waals surface area contributed by atoms with E-state index in [-0.39, 0.29) is 0 Å². The predicted octanol–water partition coefficient (Wildman–Crippen LogP) is 1.78. The van der Waals surface area contributed by atoms with Gasteiger partial charge in [0.25, 0.3) is 0 Å². The van der Waals surface area contributed by atoms with Gasteiger partial charge in [0.05, 0.1) is 30.9 Å². The molecule has 1 aromatic carbocycles. The molecule has 1 aliphatic rings. The van der Waals surface area contributed by atoms with Crippen molar-refractivity contribution < 1.29 is 4.74 Å². The molecule has 0 saturated heterocycles. The zero-order chi connectivity index (χ0) is 12.4. The summed E-state index contributed by atoms with van der Waals surface area (Å²) >= 11 is 0. The van der Waals surface area contributed by atoms with Crippen LogP contribution in [0.4, 0.5) is 11.4 Å². The summed E-state index contributed by atoms with van der Waals surface area (Å²) in [7, 11) is 0. The van der Waals surface area contributed by atoms with Crippen LogP contribution in [-0.4, -0.2) is 23.1 Å². The van der Waals surface area contributed by atoms with Crippen LogP contribution < -0.4 is 15.4 Å². The second kappa shape index (κ2) is 4.60. The summed E-state index contributed by atoms with van der Waals surface area (Å²) in [5, 5.41) is 0. The van der Waals surface area contributed by atoms with Crippen LogP contribution in [0.25, 0.3) is 0 Å². The quantitative estimate of drug-likeness (QED) is 0.790. The van der Waals surface area contributed by atoms with Gasteiger partial charge in [-0.3, -0.25) is 0 Å². The van der Waals surface area contributed by atoms with Gasteiger partial charge in [-0.05, 0) is 24.6 Å². The number of nitrogen functional groups attached to an aromatic ring is 1. The van der Waals surface area contributed by atoms with Crippen molar-refractivity contribution in [3.8, 4) is 5.75 Å². The van der Waals surface area contributed by atoms with Crippen LogP contribution in [-0.2, 0) is 6.54 Å². The van der Waals surface area contributed by atoms with Crippen molar-refractivity contribution in [1.82, 2.24) is 9.97 Å². The van der Waals surface area contributed by atoms with E-state index >= 15 is 0 Å². The van der Waals surface area contributed by atoms with E-state index in [1.165, 1.54) is 0 Å². The number of aromatic amines is 1. The highest BCUT2D eigenvalue weighted by Gasteiger charge is 2.17. The minimum absolute atomic E-state index is 0.744. The molecule has 0 bridgehead atoms. The molecular formula is C13H16N4O. The molecule has 94 valence electrons. The summed E-state index contributed by atoms with van der Waals surface area (Å²) in [5.41, 5.74) is 8.69. The molecule has 1 aliphatic heterocycles. The molecule has 0 fully saturated rings. The minimum Gasteiger partial charge on any atom is -0.491 e. The maximum absolute atomic E-state index is 5.86. The topological polar surface area (TPSA) is 67.2 Å². The molecular weight excluding hydrogens is 228 g/mol. The number of nitrogens with one attached hydrogen (secondary N) is 1. The fourth-order valence-electron chi connectivity index (χ4n) is 2.20. The lowest BCUT2D eigenvalue weighted by molar-refractivity contribution is 0.322. The molecule has 0 aliphatic carbocycles. The molecule has 0 unspecified atom stereocenters. The van der Waals surface area contributed by atoms with E-state index < -0.39 is 0 Å². The molecule has 2 aromatic rings. The summed E-state index contributed by atoms with van der Waals surface area (Å²) in [6.45, 7) is 2.46. The predicted molar refractivity (Wildman–Crippen MR) is 70.6 cm³/mol. The van der Waals surface area contributed by atoms with Crippen LogP contribution in [0.15, 0.2) is 30.7 Å². The van der Waals surface area contributed by atoms with Crippen LogP contribution in [0.1, 0.15) is 12.1 Å². The average molecular weight is 244 g/mol. The van der Waals surface area contributed by atoms with Crippen molar-refractivity contribution in [1.29, 1.82) is 0 Å². The van der Waals surface area contributed by atoms with E-state index in [0.29, 0.717) is 0 Å². The fourth-order valence-corrected chi connectivity index (χ4v) is 2.20. The summed E-state index contributed by atoms with van der Waals surface area (Å²) in [4.78, 5) is 9.50. The van der Waals surface area contributed by atoms with Gasteiger partial charge in [-0.2, -0.15) is 0 Å². The SMILES string of the molecule is Nc1ccc2c(c1)N(Cc1c[nH]cn1)CCCO2.